The van der Waals surface area contributed by atoms with E-state index in [1.807, 2.05) is 13.8 Å². The lowest BCUT2D eigenvalue weighted by atomic mass is 10.0. The lowest BCUT2D eigenvalue weighted by Gasteiger charge is -2.25. The molecular formula is C12H26N2O. The summed E-state index contributed by atoms with van der Waals surface area (Å²) < 4.78 is 0. The summed E-state index contributed by atoms with van der Waals surface area (Å²) in [5, 5.41) is 13.4. The van der Waals surface area contributed by atoms with Crippen molar-refractivity contribution >= 4 is 0 Å². The second-order valence-corrected chi connectivity index (χ2v) is 5.16. The molecule has 90 valence electrons. The van der Waals surface area contributed by atoms with Gasteiger partial charge >= 0.3 is 0 Å². The van der Waals surface area contributed by atoms with Crippen LogP contribution < -0.4 is 5.32 Å². The summed E-state index contributed by atoms with van der Waals surface area (Å²) in [5.74, 6) is 0. The van der Waals surface area contributed by atoms with E-state index in [4.69, 9.17) is 0 Å². The molecule has 15 heavy (non-hydrogen) atoms. The topological polar surface area (TPSA) is 35.5 Å². The van der Waals surface area contributed by atoms with Crippen molar-refractivity contribution in [3.8, 4) is 0 Å². The molecule has 2 atom stereocenters. The smallest absolute Gasteiger partial charge is 0.0741 e. The minimum Gasteiger partial charge on any atom is -0.389 e. The Bertz CT molecular complexity index is 182. The summed E-state index contributed by atoms with van der Waals surface area (Å²) in [7, 11) is 2.19. The van der Waals surface area contributed by atoms with Gasteiger partial charge in [0.1, 0.15) is 0 Å². The minimum atomic E-state index is -0.543. The summed E-state index contributed by atoms with van der Waals surface area (Å²) in [5.41, 5.74) is -0.543. The molecule has 2 unspecified atom stereocenters. The lowest BCUT2D eigenvalue weighted by Crippen LogP contribution is -2.42. The second kappa shape index (κ2) is 5.83. The number of nitrogens with zero attached hydrogens (tertiary/aromatic N) is 1. The van der Waals surface area contributed by atoms with E-state index in [0.29, 0.717) is 6.04 Å². The van der Waals surface area contributed by atoms with E-state index in [2.05, 4.69) is 17.3 Å². The first-order valence-electron chi connectivity index (χ1n) is 6.18. The van der Waals surface area contributed by atoms with Gasteiger partial charge in [-0.3, -0.25) is 0 Å². The van der Waals surface area contributed by atoms with Crippen molar-refractivity contribution in [1.29, 1.82) is 0 Å². The fourth-order valence-corrected chi connectivity index (χ4v) is 1.93. The van der Waals surface area contributed by atoms with Gasteiger partial charge in [-0.2, -0.15) is 0 Å². The molecule has 0 aromatic rings. The summed E-state index contributed by atoms with van der Waals surface area (Å²) in [6, 6.07) is 0.591. The van der Waals surface area contributed by atoms with Crippen LogP contribution >= 0.6 is 0 Å². The zero-order valence-corrected chi connectivity index (χ0v) is 10.4. The molecule has 1 saturated heterocycles. The molecular weight excluding hydrogens is 188 g/mol. The maximum Gasteiger partial charge on any atom is 0.0741 e. The Morgan fingerprint density at radius 3 is 2.80 bits per heavy atom. The summed E-state index contributed by atoms with van der Waals surface area (Å²) >= 11 is 0. The summed E-state index contributed by atoms with van der Waals surface area (Å²) in [6.45, 7) is 7.04. The van der Waals surface area contributed by atoms with E-state index in [1.54, 1.807) is 0 Å². The molecule has 1 heterocycles. The second-order valence-electron chi connectivity index (χ2n) is 5.16. The highest BCUT2D eigenvalue weighted by Gasteiger charge is 2.20. The Kier molecular flexibility index (Phi) is 5.03. The van der Waals surface area contributed by atoms with Gasteiger partial charge in [-0.15, -0.1) is 0 Å². The van der Waals surface area contributed by atoms with Crippen molar-refractivity contribution in [2.24, 2.45) is 0 Å². The van der Waals surface area contributed by atoms with Crippen molar-refractivity contribution in [3.05, 3.63) is 0 Å². The Morgan fingerprint density at radius 2 is 2.13 bits per heavy atom. The quantitative estimate of drug-likeness (QED) is 0.738. The van der Waals surface area contributed by atoms with Gasteiger partial charge < -0.3 is 15.3 Å². The van der Waals surface area contributed by atoms with E-state index in [9.17, 15) is 5.11 Å². The molecule has 1 aliphatic rings. The maximum atomic E-state index is 9.90. The van der Waals surface area contributed by atoms with E-state index >= 15 is 0 Å². The number of nitrogens with one attached hydrogen (secondary N) is 1. The third-order valence-corrected chi connectivity index (χ3v) is 3.48. The lowest BCUT2D eigenvalue weighted by molar-refractivity contribution is 0.0523. The highest BCUT2D eigenvalue weighted by atomic mass is 16.3. The molecule has 0 aromatic heterocycles. The SMILES string of the molecule is CCC(C)(O)CNC1CCCN(C)CC1. The maximum absolute atomic E-state index is 9.90. The van der Waals surface area contributed by atoms with Crippen molar-refractivity contribution in [2.75, 3.05) is 26.7 Å². The normalized spacial score (nSPS) is 28.4. The minimum absolute atomic E-state index is 0.543. The van der Waals surface area contributed by atoms with Crippen molar-refractivity contribution in [1.82, 2.24) is 10.2 Å². The third kappa shape index (κ3) is 4.96. The van der Waals surface area contributed by atoms with Gasteiger partial charge in [-0.1, -0.05) is 6.92 Å². The Hall–Kier alpha value is -0.120. The molecule has 0 aliphatic carbocycles. The van der Waals surface area contributed by atoms with Gasteiger partial charge in [-0.25, -0.2) is 0 Å². The van der Waals surface area contributed by atoms with Crippen LogP contribution in [-0.4, -0.2) is 48.3 Å². The molecule has 1 fully saturated rings. The average Bonchev–Trinajstić information content (AvgIpc) is 2.40. The molecule has 1 aliphatic heterocycles. The van der Waals surface area contributed by atoms with Gasteiger partial charge in [0.05, 0.1) is 5.60 Å². The van der Waals surface area contributed by atoms with Crippen molar-refractivity contribution in [2.45, 2.75) is 51.2 Å². The zero-order chi connectivity index (χ0) is 11.3. The first-order chi connectivity index (χ1) is 7.03. The van der Waals surface area contributed by atoms with E-state index in [-0.39, 0.29) is 0 Å². The van der Waals surface area contributed by atoms with E-state index < -0.39 is 5.60 Å². The van der Waals surface area contributed by atoms with Crippen LogP contribution in [0.3, 0.4) is 0 Å². The standard InChI is InChI=1S/C12H26N2O/c1-4-12(2,15)10-13-11-6-5-8-14(3)9-7-11/h11,13,15H,4-10H2,1-3H3. The predicted octanol–water partition coefficient (Wildman–Crippen LogP) is 1.22. The fourth-order valence-electron chi connectivity index (χ4n) is 1.93. The molecule has 2 N–H and O–H groups in total. The van der Waals surface area contributed by atoms with Crippen LogP contribution in [0, 0.1) is 0 Å². The summed E-state index contributed by atoms with van der Waals surface area (Å²) in [4.78, 5) is 2.39. The Balaban J connectivity index is 2.26. The first-order valence-corrected chi connectivity index (χ1v) is 6.18. The highest BCUT2D eigenvalue weighted by molar-refractivity contribution is 4.79. The van der Waals surface area contributed by atoms with Crippen LogP contribution in [0.25, 0.3) is 0 Å². The fraction of sp³-hybridized carbons (Fsp3) is 1.00. The molecule has 0 saturated carbocycles. The molecule has 3 nitrogen and oxygen atoms in total. The van der Waals surface area contributed by atoms with Gasteiger partial charge in [-0.05, 0) is 52.7 Å². The molecule has 0 spiro atoms. The van der Waals surface area contributed by atoms with Crippen LogP contribution in [0.1, 0.15) is 39.5 Å². The van der Waals surface area contributed by atoms with Crippen LogP contribution in [-0.2, 0) is 0 Å². The largest absolute Gasteiger partial charge is 0.389 e. The van der Waals surface area contributed by atoms with Crippen LogP contribution in [0.15, 0.2) is 0 Å². The van der Waals surface area contributed by atoms with E-state index in [1.165, 1.54) is 32.4 Å². The van der Waals surface area contributed by atoms with Crippen molar-refractivity contribution in [3.63, 3.8) is 0 Å². The number of likely N-dealkylation sites (tertiary alicyclic amines) is 1. The molecule has 0 radical (unpaired) electrons. The van der Waals surface area contributed by atoms with E-state index in [0.717, 1.165) is 13.0 Å². The van der Waals surface area contributed by atoms with Crippen LogP contribution in [0.4, 0.5) is 0 Å². The molecule has 1 rings (SSSR count). The van der Waals surface area contributed by atoms with Crippen LogP contribution in [0.2, 0.25) is 0 Å². The van der Waals surface area contributed by atoms with Crippen molar-refractivity contribution < 1.29 is 5.11 Å². The Labute approximate surface area is 93.9 Å². The monoisotopic (exact) mass is 214 g/mol. The molecule has 3 heteroatoms. The number of hydrogen-bond donors (Lipinski definition) is 2. The van der Waals surface area contributed by atoms with Crippen LogP contribution in [0.5, 0.6) is 0 Å². The molecule has 0 aromatic carbocycles. The first kappa shape index (κ1) is 12.9. The number of aliphatic hydroxyl groups is 1. The average molecular weight is 214 g/mol. The molecule has 0 bridgehead atoms. The highest BCUT2D eigenvalue weighted by Crippen LogP contribution is 2.12. The number of rotatable bonds is 4. The third-order valence-electron chi connectivity index (χ3n) is 3.48. The van der Waals surface area contributed by atoms with Gasteiger partial charge in [0.15, 0.2) is 0 Å². The van der Waals surface area contributed by atoms with Gasteiger partial charge in [0.25, 0.3) is 0 Å². The Morgan fingerprint density at radius 1 is 1.40 bits per heavy atom. The predicted molar refractivity (Wildman–Crippen MR) is 64.1 cm³/mol. The zero-order valence-electron chi connectivity index (χ0n) is 10.4. The van der Waals surface area contributed by atoms with Gasteiger partial charge in [0.2, 0.25) is 0 Å². The summed E-state index contributed by atoms with van der Waals surface area (Å²) in [6.07, 6.45) is 4.52. The number of hydrogen-bond acceptors (Lipinski definition) is 3. The van der Waals surface area contributed by atoms with Gasteiger partial charge in [0, 0.05) is 12.6 Å². The molecule has 0 amide bonds.